The van der Waals surface area contributed by atoms with Crippen molar-refractivity contribution in [3.63, 3.8) is 0 Å². The number of carbonyl (C=O) groups is 2. The number of hydrogen-bond acceptors (Lipinski definition) is 5. The third-order valence-electron chi connectivity index (χ3n) is 4.80. The molecule has 0 saturated heterocycles. The standard InChI is InChI=1S/C24H33N3O5/c1-24(2,3)27-22(29)20(25-15-17-11-8-12-18(13-17)32-4)21(28)19(26-23(30)31)14-16-9-6-5-7-10-16/h5-13,19-21,25-26,28H,14-15H2,1-4H3,(H,27,29)(H,30,31)/t19-,20?,21+/m0/s1. The molecule has 2 rings (SSSR count). The van der Waals surface area contributed by atoms with E-state index in [-0.39, 0.29) is 13.0 Å². The zero-order valence-electron chi connectivity index (χ0n) is 19.0. The first-order valence-corrected chi connectivity index (χ1v) is 10.5. The fraction of sp³-hybridized carbons (Fsp3) is 0.417. The highest BCUT2D eigenvalue weighted by molar-refractivity contribution is 5.83. The molecule has 0 aliphatic rings. The Morgan fingerprint density at radius 3 is 2.28 bits per heavy atom. The van der Waals surface area contributed by atoms with Crippen molar-refractivity contribution < 1.29 is 24.5 Å². The van der Waals surface area contributed by atoms with E-state index in [9.17, 15) is 19.8 Å². The van der Waals surface area contributed by atoms with Gasteiger partial charge >= 0.3 is 6.09 Å². The number of aliphatic hydroxyl groups excluding tert-OH is 1. The van der Waals surface area contributed by atoms with Gasteiger partial charge in [-0.3, -0.25) is 10.1 Å². The third-order valence-corrected chi connectivity index (χ3v) is 4.80. The first-order chi connectivity index (χ1) is 15.1. The number of methoxy groups -OCH3 is 1. The van der Waals surface area contributed by atoms with E-state index in [1.807, 2.05) is 75.4 Å². The van der Waals surface area contributed by atoms with Crippen molar-refractivity contribution in [1.29, 1.82) is 0 Å². The van der Waals surface area contributed by atoms with Gasteiger partial charge in [0.05, 0.1) is 19.3 Å². The Bertz CT molecular complexity index is 883. The van der Waals surface area contributed by atoms with Crippen molar-refractivity contribution in [1.82, 2.24) is 16.0 Å². The lowest BCUT2D eigenvalue weighted by atomic mass is 9.94. The molecule has 8 nitrogen and oxygen atoms in total. The van der Waals surface area contributed by atoms with Gasteiger partial charge in [0, 0.05) is 12.1 Å². The summed E-state index contributed by atoms with van der Waals surface area (Å²) in [5.74, 6) is 0.258. The van der Waals surface area contributed by atoms with Gasteiger partial charge in [-0.05, 0) is 50.5 Å². The number of benzene rings is 2. The van der Waals surface area contributed by atoms with Crippen molar-refractivity contribution >= 4 is 12.0 Å². The molecule has 0 fully saturated rings. The third kappa shape index (κ3) is 8.20. The highest BCUT2D eigenvalue weighted by Crippen LogP contribution is 2.15. The van der Waals surface area contributed by atoms with Crippen LogP contribution in [0.1, 0.15) is 31.9 Å². The molecule has 0 aliphatic carbocycles. The highest BCUT2D eigenvalue weighted by atomic mass is 16.5. The Kier molecular flexibility index (Phi) is 9.04. The molecular formula is C24H33N3O5. The van der Waals surface area contributed by atoms with Crippen molar-refractivity contribution in [2.45, 2.75) is 57.5 Å². The number of amides is 2. The van der Waals surface area contributed by atoms with E-state index in [4.69, 9.17) is 4.74 Å². The second-order valence-electron chi connectivity index (χ2n) is 8.69. The maximum Gasteiger partial charge on any atom is 0.404 e. The molecule has 0 bridgehead atoms. The SMILES string of the molecule is COc1cccc(CNC(C(=O)NC(C)(C)C)[C@H](O)[C@H](Cc2ccccc2)NC(=O)O)c1. The molecule has 0 saturated carbocycles. The summed E-state index contributed by atoms with van der Waals surface area (Å²) in [6, 6.07) is 14.6. The topological polar surface area (TPSA) is 120 Å². The summed E-state index contributed by atoms with van der Waals surface area (Å²) in [7, 11) is 1.57. The number of hydrogen-bond donors (Lipinski definition) is 5. The van der Waals surface area contributed by atoms with Crippen LogP contribution < -0.4 is 20.7 Å². The smallest absolute Gasteiger partial charge is 0.404 e. The fourth-order valence-corrected chi connectivity index (χ4v) is 3.34. The summed E-state index contributed by atoms with van der Waals surface area (Å²) >= 11 is 0. The second kappa shape index (κ2) is 11.5. The number of aliphatic hydroxyl groups is 1. The van der Waals surface area contributed by atoms with Crippen molar-refractivity contribution in [3.8, 4) is 5.75 Å². The van der Waals surface area contributed by atoms with Crippen molar-refractivity contribution in [2.24, 2.45) is 0 Å². The molecule has 5 N–H and O–H groups in total. The van der Waals surface area contributed by atoms with Crippen LogP contribution in [0.5, 0.6) is 5.75 Å². The molecular weight excluding hydrogens is 410 g/mol. The van der Waals surface area contributed by atoms with Crippen molar-refractivity contribution in [2.75, 3.05) is 7.11 Å². The fourth-order valence-electron chi connectivity index (χ4n) is 3.34. The van der Waals surface area contributed by atoms with Gasteiger partial charge in [0.25, 0.3) is 0 Å². The number of ether oxygens (including phenoxy) is 1. The van der Waals surface area contributed by atoms with E-state index >= 15 is 0 Å². The monoisotopic (exact) mass is 443 g/mol. The molecule has 0 spiro atoms. The lowest BCUT2D eigenvalue weighted by Gasteiger charge is -2.32. The van der Waals surface area contributed by atoms with E-state index in [0.29, 0.717) is 5.75 Å². The van der Waals surface area contributed by atoms with E-state index in [1.54, 1.807) is 7.11 Å². The molecule has 0 heterocycles. The van der Waals surface area contributed by atoms with Crippen LogP contribution in [-0.4, -0.2) is 53.0 Å². The molecule has 2 aromatic rings. The number of carboxylic acid groups (broad SMARTS) is 1. The number of carbonyl (C=O) groups excluding carboxylic acids is 1. The molecule has 174 valence electrons. The lowest BCUT2D eigenvalue weighted by Crippen LogP contribution is -2.61. The second-order valence-corrected chi connectivity index (χ2v) is 8.69. The van der Waals surface area contributed by atoms with Gasteiger partial charge in [-0.1, -0.05) is 42.5 Å². The van der Waals surface area contributed by atoms with Crippen LogP contribution in [0.2, 0.25) is 0 Å². The molecule has 0 aliphatic heterocycles. The molecule has 32 heavy (non-hydrogen) atoms. The Hall–Kier alpha value is -3.10. The first-order valence-electron chi connectivity index (χ1n) is 10.5. The Morgan fingerprint density at radius 1 is 1.03 bits per heavy atom. The van der Waals surface area contributed by atoms with Crippen LogP contribution in [0.25, 0.3) is 0 Å². The van der Waals surface area contributed by atoms with Gasteiger partial charge in [-0.2, -0.15) is 0 Å². The minimum Gasteiger partial charge on any atom is -0.497 e. The van der Waals surface area contributed by atoms with E-state index in [0.717, 1.165) is 11.1 Å². The summed E-state index contributed by atoms with van der Waals surface area (Å²) in [5, 5.41) is 28.8. The predicted octanol–water partition coefficient (Wildman–Crippen LogP) is 2.31. The zero-order chi connectivity index (χ0) is 23.7. The predicted molar refractivity (Wildman–Crippen MR) is 123 cm³/mol. The van der Waals surface area contributed by atoms with Crippen LogP contribution in [0.3, 0.4) is 0 Å². The summed E-state index contributed by atoms with van der Waals surface area (Å²) in [5.41, 5.74) is 1.17. The molecule has 0 radical (unpaired) electrons. The molecule has 3 atom stereocenters. The summed E-state index contributed by atoms with van der Waals surface area (Å²) in [4.78, 5) is 24.5. The van der Waals surface area contributed by atoms with Gasteiger partial charge in [0.1, 0.15) is 11.8 Å². The quantitative estimate of drug-likeness (QED) is 0.384. The first kappa shape index (κ1) is 25.2. The van der Waals surface area contributed by atoms with Gasteiger partial charge in [-0.25, -0.2) is 4.79 Å². The number of rotatable bonds is 10. The Balaban J connectivity index is 2.26. The molecule has 2 amide bonds. The van der Waals surface area contributed by atoms with Crippen LogP contribution in [0.4, 0.5) is 4.79 Å². The number of nitrogens with one attached hydrogen (secondary N) is 3. The molecule has 8 heteroatoms. The van der Waals surface area contributed by atoms with E-state index in [2.05, 4.69) is 16.0 Å². The average Bonchev–Trinajstić information content (AvgIpc) is 2.72. The summed E-state index contributed by atoms with van der Waals surface area (Å²) in [6.07, 6.45) is -2.36. The van der Waals surface area contributed by atoms with Gasteiger partial charge in [-0.15, -0.1) is 0 Å². The van der Waals surface area contributed by atoms with E-state index in [1.165, 1.54) is 0 Å². The summed E-state index contributed by atoms with van der Waals surface area (Å²) < 4.78 is 5.24. The largest absolute Gasteiger partial charge is 0.497 e. The maximum atomic E-state index is 13.1. The minimum absolute atomic E-state index is 0.231. The van der Waals surface area contributed by atoms with Gasteiger partial charge in [0.15, 0.2) is 0 Å². The van der Waals surface area contributed by atoms with Crippen LogP contribution >= 0.6 is 0 Å². The van der Waals surface area contributed by atoms with Crippen molar-refractivity contribution in [3.05, 3.63) is 65.7 Å². The summed E-state index contributed by atoms with van der Waals surface area (Å²) in [6.45, 7) is 5.80. The minimum atomic E-state index is -1.32. The molecule has 1 unspecified atom stereocenters. The van der Waals surface area contributed by atoms with Crippen LogP contribution in [0.15, 0.2) is 54.6 Å². The van der Waals surface area contributed by atoms with Gasteiger partial charge in [0.2, 0.25) is 5.91 Å². The van der Waals surface area contributed by atoms with Gasteiger partial charge < -0.3 is 25.6 Å². The van der Waals surface area contributed by atoms with Crippen LogP contribution in [0, 0.1) is 0 Å². The highest BCUT2D eigenvalue weighted by Gasteiger charge is 2.35. The van der Waals surface area contributed by atoms with E-state index < -0.39 is 35.7 Å². The maximum absolute atomic E-state index is 13.1. The van der Waals surface area contributed by atoms with Crippen LogP contribution in [-0.2, 0) is 17.8 Å². The lowest BCUT2D eigenvalue weighted by molar-refractivity contribution is -0.128. The normalized spacial score (nSPS) is 14.2. The Labute approximate surface area is 189 Å². The average molecular weight is 444 g/mol. The molecule has 2 aromatic carbocycles. The Morgan fingerprint density at radius 2 is 1.69 bits per heavy atom. The zero-order valence-corrected chi connectivity index (χ0v) is 19.0. The molecule has 0 aromatic heterocycles.